The zero-order chi connectivity index (χ0) is 7.23. The third-order valence-corrected chi connectivity index (χ3v) is 1.76. The van der Waals surface area contributed by atoms with Crippen LogP contribution in [0.3, 0.4) is 0 Å². The van der Waals surface area contributed by atoms with Crippen LogP contribution >= 0.6 is 11.3 Å². The summed E-state index contributed by atoms with van der Waals surface area (Å²) in [7, 11) is 0. The van der Waals surface area contributed by atoms with E-state index in [2.05, 4.69) is 6.92 Å². The van der Waals surface area contributed by atoms with Crippen molar-refractivity contribution in [3.63, 3.8) is 0 Å². The second-order valence-corrected chi connectivity index (χ2v) is 2.62. The fraction of sp³-hybridized carbons (Fsp3) is 0.125. The van der Waals surface area contributed by atoms with Gasteiger partial charge in [0, 0.05) is 0 Å². The summed E-state index contributed by atoms with van der Waals surface area (Å²) in [6.07, 6.45) is 3.60. The summed E-state index contributed by atoms with van der Waals surface area (Å²) in [5, 5.41) is 2.95. The van der Waals surface area contributed by atoms with Crippen LogP contribution in [0.4, 0.5) is 0 Å². The normalized spacial score (nSPS) is 10.5. The Morgan fingerprint density at radius 2 is 2.60 bits per heavy atom. The standard InChI is InChI=1S/C8H9OS/c1-2-3-6-9-8-5-4-7-10-8/h2-5,7H,1,6H2. The Hall–Kier alpha value is -0.760. The van der Waals surface area contributed by atoms with Crippen LogP contribution in [0.5, 0.6) is 5.06 Å². The van der Waals surface area contributed by atoms with Crippen molar-refractivity contribution in [2.24, 2.45) is 0 Å². The van der Waals surface area contributed by atoms with Crippen LogP contribution in [-0.4, -0.2) is 6.61 Å². The fourth-order valence-electron chi connectivity index (χ4n) is 0.544. The number of hydrogen-bond acceptors (Lipinski definition) is 2. The van der Waals surface area contributed by atoms with Crippen LogP contribution in [0.25, 0.3) is 0 Å². The average Bonchev–Trinajstić information content (AvgIpc) is 2.41. The Morgan fingerprint density at radius 3 is 3.20 bits per heavy atom. The van der Waals surface area contributed by atoms with E-state index >= 15 is 0 Å². The number of thiophene rings is 1. The molecule has 0 saturated heterocycles. The quantitative estimate of drug-likeness (QED) is 0.648. The number of rotatable bonds is 3. The van der Waals surface area contributed by atoms with E-state index in [1.807, 2.05) is 23.6 Å². The summed E-state index contributed by atoms with van der Waals surface area (Å²) in [5.41, 5.74) is 0. The summed E-state index contributed by atoms with van der Waals surface area (Å²) >= 11 is 1.60. The largest absolute Gasteiger partial charge is 0.480 e. The molecule has 0 aliphatic rings. The highest BCUT2D eigenvalue weighted by molar-refractivity contribution is 7.11. The van der Waals surface area contributed by atoms with Gasteiger partial charge < -0.3 is 4.74 Å². The minimum Gasteiger partial charge on any atom is -0.480 e. The minimum atomic E-state index is 0.615. The molecule has 0 amide bonds. The third-order valence-electron chi connectivity index (χ3n) is 0.984. The zero-order valence-electron chi connectivity index (χ0n) is 5.62. The van der Waals surface area contributed by atoms with Gasteiger partial charge in [0.05, 0.1) is 0 Å². The molecule has 0 unspecified atom stereocenters. The first kappa shape index (κ1) is 7.35. The maximum Gasteiger partial charge on any atom is 0.174 e. The summed E-state index contributed by atoms with van der Waals surface area (Å²) in [4.78, 5) is 0. The van der Waals surface area contributed by atoms with Gasteiger partial charge in [-0.1, -0.05) is 12.2 Å². The van der Waals surface area contributed by atoms with E-state index < -0.39 is 0 Å². The molecule has 10 heavy (non-hydrogen) atoms. The molecule has 1 nitrogen and oxygen atoms in total. The van der Waals surface area contributed by atoms with Crippen LogP contribution in [0, 0.1) is 6.92 Å². The van der Waals surface area contributed by atoms with Crippen molar-refractivity contribution in [3.8, 4) is 5.06 Å². The Bertz CT molecular complexity index is 189. The second kappa shape index (κ2) is 4.12. The first-order valence-electron chi connectivity index (χ1n) is 3.04. The van der Waals surface area contributed by atoms with Crippen molar-refractivity contribution in [1.82, 2.24) is 0 Å². The van der Waals surface area contributed by atoms with Crippen molar-refractivity contribution in [2.45, 2.75) is 0 Å². The van der Waals surface area contributed by atoms with Gasteiger partial charge >= 0.3 is 0 Å². The Labute approximate surface area is 65.0 Å². The molecule has 0 aromatic carbocycles. The predicted molar refractivity (Wildman–Crippen MR) is 44.3 cm³/mol. The third kappa shape index (κ3) is 2.23. The van der Waals surface area contributed by atoms with Gasteiger partial charge in [-0.15, -0.1) is 11.3 Å². The first-order valence-corrected chi connectivity index (χ1v) is 3.92. The molecule has 1 heterocycles. The van der Waals surface area contributed by atoms with Gasteiger partial charge in [-0.2, -0.15) is 0 Å². The molecule has 0 saturated carbocycles. The van der Waals surface area contributed by atoms with Gasteiger partial charge in [-0.05, 0) is 24.4 Å². The van der Waals surface area contributed by atoms with Crippen LogP contribution in [0.1, 0.15) is 0 Å². The number of ether oxygens (including phenoxy) is 1. The van der Waals surface area contributed by atoms with Crippen molar-refractivity contribution in [3.05, 3.63) is 36.6 Å². The lowest BCUT2D eigenvalue weighted by Gasteiger charge is -1.95. The molecular formula is C8H9OS. The molecule has 0 aliphatic heterocycles. The van der Waals surface area contributed by atoms with Gasteiger partial charge in [0.2, 0.25) is 0 Å². The molecule has 53 valence electrons. The summed E-state index contributed by atoms with van der Waals surface area (Å²) in [6.45, 7) is 4.16. The fourth-order valence-corrected chi connectivity index (χ4v) is 1.13. The van der Waals surface area contributed by atoms with Crippen LogP contribution in [0.15, 0.2) is 29.7 Å². The molecule has 0 aliphatic carbocycles. The van der Waals surface area contributed by atoms with E-state index in [9.17, 15) is 0 Å². The Kier molecular flexibility index (Phi) is 3.03. The highest BCUT2D eigenvalue weighted by atomic mass is 32.1. The molecule has 1 rings (SSSR count). The molecule has 0 bridgehead atoms. The predicted octanol–water partition coefficient (Wildman–Crippen LogP) is 2.52. The van der Waals surface area contributed by atoms with Gasteiger partial charge in [-0.3, -0.25) is 0 Å². The van der Waals surface area contributed by atoms with Gasteiger partial charge in [0.1, 0.15) is 6.61 Å². The average molecular weight is 153 g/mol. The number of allylic oxidation sites excluding steroid dienone is 1. The topological polar surface area (TPSA) is 9.23 Å². The molecule has 0 atom stereocenters. The van der Waals surface area contributed by atoms with Crippen molar-refractivity contribution >= 4 is 11.3 Å². The molecule has 1 aromatic rings. The number of hydrogen-bond donors (Lipinski definition) is 0. The van der Waals surface area contributed by atoms with Crippen LogP contribution < -0.4 is 4.74 Å². The highest BCUT2D eigenvalue weighted by Gasteiger charge is 1.88. The van der Waals surface area contributed by atoms with E-state index in [0.717, 1.165) is 5.06 Å². The van der Waals surface area contributed by atoms with Crippen molar-refractivity contribution < 1.29 is 4.74 Å². The molecule has 1 radical (unpaired) electrons. The lowest BCUT2D eigenvalue weighted by molar-refractivity contribution is 0.374. The SMILES string of the molecule is [CH2]C=CCOc1cccs1. The Balaban J connectivity index is 2.28. The monoisotopic (exact) mass is 153 g/mol. The molecule has 1 aromatic heterocycles. The zero-order valence-corrected chi connectivity index (χ0v) is 6.43. The second-order valence-electron chi connectivity index (χ2n) is 1.71. The van der Waals surface area contributed by atoms with Gasteiger partial charge in [0.25, 0.3) is 0 Å². The lowest BCUT2D eigenvalue weighted by Crippen LogP contribution is -1.89. The molecule has 2 heteroatoms. The van der Waals surface area contributed by atoms with Crippen LogP contribution in [0.2, 0.25) is 0 Å². The molecule has 0 fully saturated rings. The van der Waals surface area contributed by atoms with Crippen molar-refractivity contribution in [1.29, 1.82) is 0 Å². The van der Waals surface area contributed by atoms with E-state index in [1.54, 1.807) is 17.4 Å². The van der Waals surface area contributed by atoms with E-state index in [4.69, 9.17) is 4.74 Å². The molecular weight excluding hydrogens is 144 g/mol. The van der Waals surface area contributed by atoms with Crippen molar-refractivity contribution in [2.75, 3.05) is 6.61 Å². The van der Waals surface area contributed by atoms with Crippen LogP contribution in [-0.2, 0) is 0 Å². The summed E-state index contributed by atoms with van der Waals surface area (Å²) in [6, 6.07) is 3.91. The van der Waals surface area contributed by atoms with E-state index in [0.29, 0.717) is 6.61 Å². The van der Waals surface area contributed by atoms with Gasteiger partial charge in [-0.25, -0.2) is 0 Å². The van der Waals surface area contributed by atoms with E-state index in [-0.39, 0.29) is 0 Å². The summed E-state index contributed by atoms with van der Waals surface area (Å²) < 4.78 is 5.28. The maximum atomic E-state index is 5.28. The summed E-state index contributed by atoms with van der Waals surface area (Å²) in [5.74, 6) is 0. The minimum absolute atomic E-state index is 0.615. The smallest absolute Gasteiger partial charge is 0.174 e. The highest BCUT2D eigenvalue weighted by Crippen LogP contribution is 2.17. The Morgan fingerprint density at radius 1 is 1.70 bits per heavy atom. The first-order chi connectivity index (χ1) is 4.93. The maximum absolute atomic E-state index is 5.28. The van der Waals surface area contributed by atoms with Gasteiger partial charge in [0.15, 0.2) is 5.06 Å². The molecule has 0 N–H and O–H groups in total. The lowest BCUT2D eigenvalue weighted by atomic mass is 10.5. The van der Waals surface area contributed by atoms with E-state index in [1.165, 1.54) is 0 Å². The molecule has 0 spiro atoms.